The van der Waals surface area contributed by atoms with Gasteiger partial charge in [0.1, 0.15) is 0 Å². The van der Waals surface area contributed by atoms with Gasteiger partial charge in [-0.3, -0.25) is 4.79 Å². The molecule has 4 heteroatoms. The van der Waals surface area contributed by atoms with Crippen molar-refractivity contribution in [2.24, 2.45) is 0 Å². The first-order chi connectivity index (χ1) is 9.59. The highest BCUT2D eigenvalue weighted by Crippen LogP contribution is 2.20. The molecule has 0 aliphatic rings. The Hall–Kier alpha value is -1.65. The van der Waals surface area contributed by atoms with E-state index in [-0.39, 0.29) is 5.91 Å². The van der Waals surface area contributed by atoms with Crippen LogP contribution < -0.4 is 5.32 Å². The molecule has 0 saturated carbocycles. The van der Waals surface area contributed by atoms with Crippen molar-refractivity contribution in [2.45, 2.75) is 26.4 Å². The summed E-state index contributed by atoms with van der Waals surface area (Å²) in [6.45, 7) is 4.43. The van der Waals surface area contributed by atoms with Gasteiger partial charge in [0, 0.05) is 16.8 Å². The van der Waals surface area contributed by atoms with Crippen LogP contribution in [0.2, 0.25) is 0 Å². The highest BCUT2D eigenvalue weighted by molar-refractivity contribution is 7.10. The van der Waals surface area contributed by atoms with Crippen LogP contribution in [0.3, 0.4) is 0 Å². The van der Waals surface area contributed by atoms with Gasteiger partial charge < -0.3 is 10.4 Å². The number of carbonyl (C=O) groups excluding carboxylic acids is 1. The maximum atomic E-state index is 12.0. The number of aliphatic hydroxyl groups is 1. The van der Waals surface area contributed by atoms with Crippen LogP contribution in [0.25, 0.3) is 0 Å². The van der Waals surface area contributed by atoms with Gasteiger partial charge in [-0.25, -0.2) is 0 Å². The lowest BCUT2D eigenvalue weighted by atomic mass is 10.1. The molecule has 1 aromatic carbocycles. The average Bonchev–Trinajstić information content (AvgIpc) is 2.80. The third-order valence-electron chi connectivity index (χ3n) is 3.42. The summed E-state index contributed by atoms with van der Waals surface area (Å²) in [5.74, 6) is -0.0629. The van der Waals surface area contributed by atoms with Crippen LogP contribution in [0.15, 0.2) is 35.7 Å². The largest absolute Gasteiger partial charge is 0.388 e. The molecule has 0 bridgehead atoms. The molecule has 106 valence electrons. The average molecular weight is 289 g/mol. The maximum absolute atomic E-state index is 12.0. The molecule has 0 unspecified atom stereocenters. The van der Waals surface area contributed by atoms with E-state index in [1.54, 1.807) is 11.3 Å². The van der Waals surface area contributed by atoms with Crippen molar-refractivity contribution in [3.63, 3.8) is 0 Å². The van der Waals surface area contributed by atoms with E-state index < -0.39 is 6.10 Å². The molecule has 0 saturated heterocycles. The highest BCUT2D eigenvalue weighted by Gasteiger charge is 2.13. The van der Waals surface area contributed by atoms with E-state index in [1.165, 1.54) is 4.88 Å². The lowest BCUT2D eigenvalue weighted by Crippen LogP contribution is -2.25. The Labute approximate surface area is 123 Å². The summed E-state index contributed by atoms with van der Waals surface area (Å²) in [5.41, 5.74) is 2.65. The molecule has 1 heterocycles. The van der Waals surface area contributed by atoms with Crippen molar-refractivity contribution in [1.29, 1.82) is 0 Å². The van der Waals surface area contributed by atoms with Crippen molar-refractivity contribution in [3.05, 3.63) is 57.3 Å². The van der Waals surface area contributed by atoms with E-state index >= 15 is 0 Å². The van der Waals surface area contributed by atoms with Crippen LogP contribution in [0.5, 0.6) is 0 Å². The molecule has 1 atom stereocenters. The van der Waals surface area contributed by atoms with Crippen LogP contribution in [-0.4, -0.2) is 17.6 Å². The van der Waals surface area contributed by atoms with Gasteiger partial charge in [0.25, 0.3) is 5.91 Å². The molecule has 1 aromatic heterocycles. The third-order valence-corrected chi connectivity index (χ3v) is 4.43. The van der Waals surface area contributed by atoms with E-state index in [2.05, 4.69) is 5.32 Å². The van der Waals surface area contributed by atoms with Gasteiger partial charge in [-0.2, -0.15) is 0 Å². The van der Waals surface area contributed by atoms with Crippen LogP contribution in [-0.2, 0) is 0 Å². The Morgan fingerprint density at radius 1 is 1.30 bits per heavy atom. The number of thiophene rings is 1. The Bertz CT molecular complexity index is 577. The van der Waals surface area contributed by atoms with Gasteiger partial charge >= 0.3 is 0 Å². The number of rotatable bonds is 5. The molecular weight excluding hydrogens is 270 g/mol. The predicted octanol–water partition coefficient (Wildman–Crippen LogP) is 3.22. The molecule has 2 rings (SSSR count). The van der Waals surface area contributed by atoms with Crippen LogP contribution in [0.1, 0.15) is 38.9 Å². The Kier molecular flexibility index (Phi) is 4.93. The van der Waals surface area contributed by atoms with Crippen molar-refractivity contribution in [2.75, 3.05) is 6.54 Å². The number of amides is 1. The van der Waals surface area contributed by atoms with Crippen molar-refractivity contribution < 1.29 is 9.90 Å². The summed E-state index contributed by atoms with van der Waals surface area (Å²) in [5, 5.41) is 14.8. The zero-order chi connectivity index (χ0) is 14.5. The zero-order valence-corrected chi connectivity index (χ0v) is 12.5. The van der Waals surface area contributed by atoms with E-state index in [9.17, 15) is 9.90 Å². The number of carbonyl (C=O) groups is 1. The standard InChI is InChI=1S/C16H19NO2S/c1-11-12(2)20-10-14(11)16(19)17-9-8-15(18)13-6-4-3-5-7-13/h3-7,10,15,18H,8-9H2,1-2H3,(H,17,19)/t15-/m0/s1. The van der Waals surface area contributed by atoms with E-state index in [1.807, 2.05) is 49.6 Å². The molecule has 1 amide bonds. The van der Waals surface area contributed by atoms with Gasteiger partial charge in [0.2, 0.25) is 0 Å². The smallest absolute Gasteiger partial charge is 0.252 e. The van der Waals surface area contributed by atoms with E-state index in [4.69, 9.17) is 0 Å². The SMILES string of the molecule is Cc1scc(C(=O)NCC[C@H](O)c2ccccc2)c1C. The van der Waals surface area contributed by atoms with Crippen LogP contribution in [0, 0.1) is 13.8 Å². The first-order valence-corrected chi connectivity index (χ1v) is 7.53. The third kappa shape index (κ3) is 3.46. The van der Waals surface area contributed by atoms with Gasteiger partial charge in [-0.05, 0) is 31.4 Å². The molecule has 2 N–H and O–H groups in total. The number of benzene rings is 1. The lowest BCUT2D eigenvalue weighted by molar-refractivity contribution is 0.0942. The fourth-order valence-corrected chi connectivity index (χ4v) is 2.86. The zero-order valence-electron chi connectivity index (χ0n) is 11.7. The summed E-state index contributed by atoms with van der Waals surface area (Å²) >= 11 is 1.59. The number of hydrogen-bond donors (Lipinski definition) is 2. The van der Waals surface area contributed by atoms with Gasteiger partial charge in [-0.15, -0.1) is 11.3 Å². The molecule has 0 radical (unpaired) electrons. The minimum Gasteiger partial charge on any atom is -0.388 e. The fraction of sp³-hybridized carbons (Fsp3) is 0.312. The predicted molar refractivity (Wildman–Crippen MR) is 82.1 cm³/mol. The van der Waals surface area contributed by atoms with Crippen molar-refractivity contribution >= 4 is 17.2 Å². The Morgan fingerprint density at radius 3 is 2.60 bits per heavy atom. The van der Waals surface area contributed by atoms with Gasteiger partial charge in [0.05, 0.1) is 11.7 Å². The van der Waals surface area contributed by atoms with Crippen LogP contribution in [0.4, 0.5) is 0 Å². The normalized spacial score (nSPS) is 12.2. The Morgan fingerprint density at radius 2 is 2.00 bits per heavy atom. The second kappa shape index (κ2) is 6.68. The maximum Gasteiger partial charge on any atom is 0.252 e. The number of aryl methyl sites for hydroxylation is 1. The second-order valence-electron chi connectivity index (χ2n) is 4.80. The molecule has 20 heavy (non-hydrogen) atoms. The molecule has 0 spiro atoms. The molecule has 0 aliphatic heterocycles. The molecule has 2 aromatic rings. The quantitative estimate of drug-likeness (QED) is 0.888. The fourth-order valence-electron chi connectivity index (χ4n) is 2.00. The Balaban J connectivity index is 1.84. The first-order valence-electron chi connectivity index (χ1n) is 6.65. The minimum absolute atomic E-state index is 0.0629. The second-order valence-corrected chi connectivity index (χ2v) is 5.89. The molecule has 0 aliphatic carbocycles. The van der Waals surface area contributed by atoms with Crippen LogP contribution >= 0.6 is 11.3 Å². The topological polar surface area (TPSA) is 49.3 Å². The van der Waals surface area contributed by atoms with Crippen molar-refractivity contribution in [3.8, 4) is 0 Å². The highest BCUT2D eigenvalue weighted by atomic mass is 32.1. The molecule has 0 fully saturated rings. The summed E-state index contributed by atoms with van der Waals surface area (Å²) in [7, 11) is 0. The number of nitrogens with one attached hydrogen (secondary N) is 1. The molecular formula is C16H19NO2S. The van der Waals surface area contributed by atoms with Crippen molar-refractivity contribution in [1.82, 2.24) is 5.32 Å². The summed E-state index contributed by atoms with van der Waals surface area (Å²) in [6, 6.07) is 9.49. The summed E-state index contributed by atoms with van der Waals surface area (Å²) < 4.78 is 0. The summed E-state index contributed by atoms with van der Waals surface area (Å²) in [6.07, 6.45) is -0.0282. The monoisotopic (exact) mass is 289 g/mol. The summed E-state index contributed by atoms with van der Waals surface area (Å²) in [4.78, 5) is 13.2. The van der Waals surface area contributed by atoms with E-state index in [0.717, 1.165) is 16.7 Å². The molecule has 3 nitrogen and oxygen atoms in total. The van der Waals surface area contributed by atoms with Gasteiger partial charge in [-0.1, -0.05) is 30.3 Å². The van der Waals surface area contributed by atoms with Gasteiger partial charge in [0.15, 0.2) is 0 Å². The number of hydrogen-bond acceptors (Lipinski definition) is 3. The minimum atomic E-state index is -0.540. The van der Waals surface area contributed by atoms with E-state index in [0.29, 0.717) is 13.0 Å². The first kappa shape index (κ1) is 14.8. The lowest BCUT2D eigenvalue weighted by Gasteiger charge is -2.11. The number of aliphatic hydroxyl groups excluding tert-OH is 1.